The molecule has 0 aliphatic heterocycles. The molecule has 0 atom stereocenters. The quantitative estimate of drug-likeness (QED) is 0.187. The first-order valence-electron chi connectivity index (χ1n) is 16.9. The van der Waals surface area contributed by atoms with Gasteiger partial charge in [0.05, 0.1) is 11.0 Å². The van der Waals surface area contributed by atoms with Gasteiger partial charge in [0.25, 0.3) is 0 Å². The number of aromatic nitrogens is 4. The minimum absolute atomic E-state index is 0.619. The van der Waals surface area contributed by atoms with Gasteiger partial charge in [-0.3, -0.25) is 0 Å². The normalized spacial score (nSPS) is 11.9. The Morgan fingerprint density at radius 2 is 1.14 bits per heavy atom. The molecule has 0 N–H and O–H groups in total. The van der Waals surface area contributed by atoms with Crippen molar-refractivity contribution >= 4 is 75.3 Å². The van der Waals surface area contributed by atoms with E-state index in [9.17, 15) is 0 Å². The molecule has 238 valence electrons. The van der Waals surface area contributed by atoms with E-state index < -0.39 is 0 Å². The van der Waals surface area contributed by atoms with Gasteiger partial charge in [0, 0.05) is 64.1 Å². The molecule has 7 aromatic carbocycles. The molecule has 11 rings (SSSR count). The Balaban J connectivity index is 1.16. The molecule has 4 aromatic heterocycles. The van der Waals surface area contributed by atoms with E-state index in [1.807, 2.05) is 30.3 Å². The number of benzene rings is 7. The zero-order valence-electron chi connectivity index (χ0n) is 27.1. The first-order valence-corrected chi connectivity index (χ1v) is 17.8. The van der Waals surface area contributed by atoms with E-state index in [1.165, 1.54) is 25.6 Å². The SMILES string of the molecule is c1ccc(-c2nc(-c3cccc(-n4c5ccccc5c5ccc6c7ccccc7oc6c54)c3)nc(-c3cccc4c3sc3ccccc34)n2)cc1. The van der Waals surface area contributed by atoms with Crippen LogP contribution in [0.5, 0.6) is 0 Å². The van der Waals surface area contributed by atoms with E-state index in [0.717, 1.165) is 60.7 Å². The molecule has 6 heteroatoms. The minimum Gasteiger partial charge on any atom is -0.454 e. The summed E-state index contributed by atoms with van der Waals surface area (Å²) in [5.74, 6) is 1.91. The van der Waals surface area contributed by atoms with Gasteiger partial charge < -0.3 is 8.98 Å². The fourth-order valence-electron chi connectivity index (χ4n) is 7.55. The summed E-state index contributed by atoms with van der Waals surface area (Å²) < 4.78 is 11.3. The van der Waals surface area contributed by atoms with E-state index in [1.54, 1.807) is 11.3 Å². The highest BCUT2D eigenvalue weighted by Crippen LogP contribution is 2.42. The Morgan fingerprint density at radius 3 is 2.04 bits per heavy atom. The van der Waals surface area contributed by atoms with Crippen molar-refractivity contribution in [1.82, 2.24) is 19.5 Å². The molecule has 0 unspecified atom stereocenters. The third-order valence-electron chi connectivity index (χ3n) is 9.85. The van der Waals surface area contributed by atoms with Crippen molar-refractivity contribution in [2.75, 3.05) is 0 Å². The Morgan fingerprint density at radius 1 is 0.471 bits per heavy atom. The number of fused-ring (bicyclic) bond motifs is 10. The summed E-state index contributed by atoms with van der Waals surface area (Å²) in [6.07, 6.45) is 0. The largest absolute Gasteiger partial charge is 0.454 e. The summed E-state index contributed by atoms with van der Waals surface area (Å²) >= 11 is 1.78. The molecule has 0 saturated heterocycles. The van der Waals surface area contributed by atoms with Crippen LogP contribution in [0.15, 0.2) is 162 Å². The molecule has 0 saturated carbocycles. The summed E-state index contributed by atoms with van der Waals surface area (Å²) in [6.45, 7) is 0. The molecule has 0 aliphatic carbocycles. The van der Waals surface area contributed by atoms with Crippen LogP contribution in [0.4, 0.5) is 0 Å². The van der Waals surface area contributed by atoms with Crippen LogP contribution < -0.4 is 0 Å². The van der Waals surface area contributed by atoms with Crippen molar-refractivity contribution in [1.29, 1.82) is 0 Å². The standard InChI is InChI=1S/C45H26N4OS/c1-2-12-27(13-3-1)43-46-44(48-45(47-43)36-20-11-19-35-32-18-6-9-23-39(32)51-42(35)36)28-14-10-15-29(26-28)49-37-21-7-4-16-30(37)33-24-25-34-31-17-5-8-22-38(31)50-41(34)40(33)49/h1-26H. The minimum atomic E-state index is 0.619. The summed E-state index contributed by atoms with van der Waals surface area (Å²) in [5, 5.41) is 6.98. The lowest BCUT2D eigenvalue weighted by molar-refractivity contribution is 0.671. The first kappa shape index (κ1) is 28.2. The monoisotopic (exact) mass is 670 g/mol. The molecule has 0 bridgehead atoms. The van der Waals surface area contributed by atoms with Crippen molar-refractivity contribution < 1.29 is 4.42 Å². The number of hydrogen-bond acceptors (Lipinski definition) is 5. The molecule has 4 heterocycles. The molecular formula is C45H26N4OS. The maximum Gasteiger partial charge on any atom is 0.165 e. The van der Waals surface area contributed by atoms with E-state index in [-0.39, 0.29) is 0 Å². The van der Waals surface area contributed by atoms with Gasteiger partial charge in [0.15, 0.2) is 23.1 Å². The fraction of sp³-hybridized carbons (Fsp3) is 0. The smallest absolute Gasteiger partial charge is 0.165 e. The number of nitrogens with zero attached hydrogens (tertiary/aromatic N) is 4. The maximum absolute atomic E-state index is 6.61. The zero-order chi connectivity index (χ0) is 33.5. The fourth-order valence-corrected chi connectivity index (χ4v) is 8.76. The molecule has 0 fully saturated rings. The highest BCUT2D eigenvalue weighted by Gasteiger charge is 2.20. The predicted molar refractivity (Wildman–Crippen MR) is 211 cm³/mol. The predicted octanol–water partition coefficient (Wildman–Crippen LogP) is 12.2. The number of para-hydroxylation sites is 2. The van der Waals surface area contributed by atoms with E-state index in [0.29, 0.717) is 17.5 Å². The first-order chi connectivity index (χ1) is 25.3. The van der Waals surface area contributed by atoms with Crippen molar-refractivity contribution in [3.05, 3.63) is 158 Å². The van der Waals surface area contributed by atoms with Crippen LogP contribution in [0, 0.1) is 0 Å². The molecule has 5 nitrogen and oxygen atoms in total. The van der Waals surface area contributed by atoms with Crippen LogP contribution in [-0.4, -0.2) is 19.5 Å². The lowest BCUT2D eigenvalue weighted by Gasteiger charge is -2.12. The summed E-state index contributed by atoms with van der Waals surface area (Å²) in [7, 11) is 0. The van der Waals surface area contributed by atoms with E-state index in [2.05, 4.69) is 132 Å². The number of thiophene rings is 1. The highest BCUT2D eigenvalue weighted by molar-refractivity contribution is 7.26. The topological polar surface area (TPSA) is 56.7 Å². The second-order valence-electron chi connectivity index (χ2n) is 12.8. The van der Waals surface area contributed by atoms with Gasteiger partial charge in [0.2, 0.25) is 0 Å². The summed E-state index contributed by atoms with van der Waals surface area (Å²) in [6, 6.07) is 54.8. The highest BCUT2D eigenvalue weighted by atomic mass is 32.1. The van der Waals surface area contributed by atoms with Crippen molar-refractivity contribution in [3.8, 4) is 39.9 Å². The average Bonchev–Trinajstić information content (AvgIpc) is 3.88. The lowest BCUT2D eigenvalue weighted by atomic mass is 10.1. The number of rotatable bonds is 4. The van der Waals surface area contributed by atoms with Crippen molar-refractivity contribution in [2.24, 2.45) is 0 Å². The van der Waals surface area contributed by atoms with Gasteiger partial charge in [-0.15, -0.1) is 11.3 Å². The molecule has 0 amide bonds. The third kappa shape index (κ3) is 4.30. The molecule has 0 radical (unpaired) electrons. The third-order valence-corrected chi connectivity index (χ3v) is 11.1. The van der Waals surface area contributed by atoms with Crippen molar-refractivity contribution in [3.63, 3.8) is 0 Å². The van der Waals surface area contributed by atoms with Crippen LogP contribution >= 0.6 is 11.3 Å². The number of hydrogen-bond donors (Lipinski definition) is 0. The second-order valence-corrected chi connectivity index (χ2v) is 13.8. The van der Waals surface area contributed by atoms with Crippen molar-refractivity contribution in [2.45, 2.75) is 0 Å². The van der Waals surface area contributed by atoms with Gasteiger partial charge in [0.1, 0.15) is 5.58 Å². The molecule has 0 spiro atoms. The second kappa shape index (κ2) is 10.9. The van der Waals surface area contributed by atoms with Gasteiger partial charge in [-0.05, 0) is 42.5 Å². The molecule has 11 aromatic rings. The Labute approximate surface area is 295 Å². The molecular weight excluding hydrogens is 645 g/mol. The van der Waals surface area contributed by atoms with Crippen LogP contribution in [0.3, 0.4) is 0 Å². The van der Waals surface area contributed by atoms with Crippen LogP contribution in [0.2, 0.25) is 0 Å². The van der Waals surface area contributed by atoms with E-state index in [4.69, 9.17) is 19.4 Å². The van der Waals surface area contributed by atoms with Gasteiger partial charge in [-0.1, -0.05) is 115 Å². The van der Waals surface area contributed by atoms with E-state index >= 15 is 0 Å². The number of furan rings is 1. The van der Waals surface area contributed by atoms with Gasteiger partial charge >= 0.3 is 0 Å². The summed E-state index contributed by atoms with van der Waals surface area (Å²) in [5.41, 5.74) is 7.75. The maximum atomic E-state index is 6.61. The lowest BCUT2D eigenvalue weighted by Crippen LogP contribution is -2.01. The average molecular weight is 671 g/mol. The molecule has 51 heavy (non-hydrogen) atoms. The Bertz CT molecular complexity index is 3150. The Hall–Kier alpha value is -6.63. The van der Waals surface area contributed by atoms with Crippen LogP contribution in [0.25, 0.3) is 104 Å². The van der Waals surface area contributed by atoms with Gasteiger partial charge in [-0.25, -0.2) is 15.0 Å². The molecule has 0 aliphatic rings. The van der Waals surface area contributed by atoms with Crippen LogP contribution in [-0.2, 0) is 0 Å². The van der Waals surface area contributed by atoms with Crippen LogP contribution in [0.1, 0.15) is 0 Å². The summed E-state index contributed by atoms with van der Waals surface area (Å²) in [4.78, 5) is 15.4. The Kier molecular flexibility index (Phi) is 6.05. The van der Waals surface area contributed by atoms with Gasteiger partial charge in [-0.2, -0.15) is 0 Å². The zero-order valence-corrected chi connectivity index (χ0v) is 27.9.